The van der Waals surface area contributed by atoms with Crippen LogP contribution in [0.4, 0.5) is 0 Å². The molecule has 17 nitrogen and oxygen atoms in total. The lowest BCUT2D eigenvalue weighted by atomic mass is 10.0. The van der Waals surface area contributed by atoms with Gasteiger partial charge in [0, 0.05) is 25.7 Å². The van der Waals surface area contributed by atoms with Gasteiger partial charge in [-0.1, -0.05) is 369 Å². The molecule has 0 aliphatic rings. The number of phosphoric ester groups is 2. The Morgan fingerprint density at radius 1 is 0.273 bits per heavy atom. The average molecular weight is 1450 g/mol. The summed E-state index contributed by atoms with van der Waals surface area (Å²) in [5.74, 6) is -0.584. The van der Waals surface area contributed by atoms with Crippen LogP contribution in [0.25, 0.3) is 0 Å². The molecule has 0 spiro atoms. The van der Waals surface area contributed by atoms with Gasteiger partial charge in [-0.2, -0.15) is 0 Å². The molecule has 5 atom stereocenters. The van der Waals surface area contributed by atoms with E-state index in [4.69, 9.17) is 37.0 Å². The molecule has 0 aromatic heterocycles. The lowest BCUT2D eigenvalue weighted by Gasteiger charge is -2.21. The molecular weight excluding hydrogens is 1290 g/mol. The third kappa shape index (κ3) is 74.1. The molecule has 0 bridgehead atoms. The number of hydrogen-bond donors (Lipinski definition) is 3. The monoisotopic (exact) mass is 1450 g/mol. The summed E-state index contributed by atoms with van der Waals surface area (Å²) < 4.78 is 68.6. The van der Waals surface area contributed by atoms with E-state index in [1.54, 1.807) is 0 Å². The van der Waals surface area contributed by atoms with Gasteiger partial charge in [0.25, 0.3) is 0 Å². The predicted molar refractivity (Wildman–Crippen MR) is 405 cm³/mol. The first-order valence-corrected chi connectivity index (χ1v) is 44.5. The van der Waals surface area contributed by atoms with E-state index >= 15 is 0 Å². The van der Waals surface area contributed by atoms with Crippen LogP contribution in [0.3, 0.4) is 0 Å². The van der Waals surface area contributed by atoms with Crippen molar-refractivity contribution in [2.45, 2.75) is 439 Å². The van der Waals surface area contributed by atoms with E-state index in [2.05, 4.69) is 41.5 Å². The van der Waals surface area contributed by atoms with Gasteiger partial charge < -0.3 is 33.8 Å². The number of ether oxygens (including phenoxy) is 4. The van der Waals surface area contributed by atoms with Gasteiger partial charge in [0.15, 0.2) is 12.2 Å². The lowest BCUT2D eigenvalue weighted by Crippen LogP contribution is -2.30. The molecule has 19 heteroatoms. The summed E-state index contributed by atoms with van der Waals surface area (Å²) in [6, 6.07) is 0. The molecule has 0 rings (SSSR count). The molecule has 0 radical (unpaired) electrons. The van der Waals surface area contributed by atoms with Gasteiger partial charge in [0.2, 0.25) is 0 Å². The molecule has 0 aliphatic carbocycles. The average Bonchev–Trinajstić information content (AvgIpc) is 0.966. The molecule has 0 saturated carbocycles. The summed E-state index contributed by atoms with van der Waals surface area (Å²) in [7, 11) is -9.92. The smallest absolute Gasteiger partial charge is 0.462 e. The minimum atomic E-state index is -4.96. The SMILES string of the molecule is CCCCCCCCCCCCCCCCCCC(=O)OC[C@H](COP(=O)(O)OC[C@@H](O)COP(=O)(O)OC[C@@H](COC(=O)CCCCCCCCCC(C)C)OC(=O)CCCCCCCCCCCCCC)OC(=O)CCCCCCCCCCCCCCCCCCCCC(C)C. The number of unbranched alkanes of at least 4 members (excludes halogenated alkanes) is 49. The highest BCUT2D eigenvalue weighted by Crippen LogP contribution is 2.45. The maximum absolute atomic E-state index is 13.1. The van der Waals surface area contributed by atoms with E-state index in [1.165, 1.54) is 231 Å². The molecule has 99 heavy (non-hydrogen) atoms. The van der Waals surface area contributed by atoms with Crippen LogP contribution in [-0.2, 0) is 65.4 Å². The van der Waals surface area contributed by atoms with Gasteiger partial charge in [-0.25, -0.2) is 9.13 Å². The van der Waals surface area contributed by atoms with Crippen LogP contribution >= 0.6 is 15.6 Å². The van der Waals surface area contributed by atoms with Crippen LogP contribution < -0.4 is 0 Å². The third-order valence-electron chi connectivity index (χ3n) is 18.7. The molecular formula is C80H156O17P2. The third-order valence-corrected chi connectivity index (χ3v) is 20.6. The van der Waals surface area contributed by atoms with Gasteiger partial charge in [-0.15, -0.1) is 0 Å². The van der Waals surface area contributed by atoms with E-state index in [0.717, 1.165) is 102 Å². The summed E-state index contributed by atoms with van der Waals surface area (Å²) >= 11 is 0. The quantitative estimate of drug-likeness (QED) is 0.0222. The van der Waals surface area contributed by atoms with Gasteiger partial charge in [0.1, 0.15) is 19.3 Å². The van der Waals surface area contributed by atoms with Crippen LogP contribution in [0.2, 0.25) is 0 Å². The first kappa shape index (κ1) is 97.1. The van der Waals surface area contributed by atoms with Crippen molar-refractivity contribution in [3.05, 3.63) is 0 Å². The van der Waals surface area contributed by atoms with Crippen LogP contribution in [0.15, 0.2) is 0 Å². The first-order chi connectivity index (χ1) is 47.9. The van der Waals surface area contributed by atoms with Crippen LogP contribution in [-0.4, -0.2) is 96.7 Å². The van der Waals surface area contributed by atoms with E-state index in [1.807, 2.05) is 0 Å². The van der Waals surface area contributed by atoms with Crippen LogP contribution in [0, 0.1) is 11.8 Å². The van der Waals surface area contributed by atoms with Crippen molar-refractivity contribution in [3.8, 4) is 0 Å². The minimum Gasteiger partial charge on any atom is -0.462 e. The Hall–Kier alpha value is -1.94. The summed E-state index contributed by atoms with van der Waals surface area (Å²) in [5.41, 5.74) is 0. The molecule has 0 saturated heterocycles. The lowest BCUT2D eigenvalue weighted by molar-refractivity contribution is -0.161. The van der Waals surface area contributed by atoms with E-state index in [0.29, 0.717) is 31.6 Å². The Kier molecular flexibility index (Phi) is 70.3. The van der Waals surface area contributed by atoms with E-state index in [-0.39, 0.29) is 25.7 Å². The predicted octanol–water partition coefficient (Wildman–Crippen LogP) is 23.9. The molecule has 0 fully saturated rings. The van der Waals surface area contributed by atoms with Gasteiger partial charge >= 0.3 is 39.5 Å². The zero-order chi connectivity index (χ0) is 72.8. The molecule has 0 aromatic carbocycles. The second kappa shape index (κ2) is 71.7. The van der Waals surface area contributed by atoms with E-state index < -0.39 is 97.5 Å². The number of esters is 4. The molecule has 0 aliphatic heterocycles. The van der Waals surface area contributed by atoms with Crippen molar-refractivity contribution in [1.29, 1.82) is 0 Å². The highest BCUT2D eigenvalue weighted by Gasteiger charge is 2.30. The summed E-state index contributed by atoms with van der Waals surface area (Å²) in [5, 5.41) is 10.6. The maximum Gasteiger partial charge on any atom is 0.472 e. The second-order valence-corrected chi connectivity index (χ2v) is 32.7. The Morgan fingerprint density at radius 3 is 0.687 bits per heavy atom. The maximum atomic E-state index is 13.1. The van der Waals surface area contributed by atoms with Crippen molar-refractivity contribution < 1.29 is 80.2 Å². The van der Waals surface area contributed by atoms with Crippen molar-refractivity contribution in [2.75, 3.05) is 39.6 Å². The standard InChI is InChI=1S/C80H156O17P2/c1-7-9-11-13-15-17-19-21-22-28-31-35-38-44-50-56-62-77(82)90-68-75(96-80(85)65-59-53-46-40-36-32-29-26-24-23-25-27-30-33-37-42-48-54-60-72(3)4)70-94-98(86,87)92-66-74(81)67-93-99(88,89)95-71-76(69-91-78(83)63-57-51-47-41-43-49-55-61-73(5)6)97-79(84)64-58-52-45-39-34-20-18-16-14-12-10-8-2/h72-76,81H,7-71H2,1-6H3,(H,86,87)(H,88,89)/t74-,75-,76-/m1/s1. The van der Waals surface area contributed by atoms with Crippen molar-refractivity contribution >= 4 is 39.5 Å². The number of hydrogen-bond acceptors (Lipinski definition) is 15. The highest BCUT2D eigenvalue weighted by atomic mass is 31.2. The number of phosphoric acid groups is 2. The largest absolute Gasteiger partial charge is 0.472 e. The molecule has 0 heterocycles. The number of aliphatic hydroxyl groups excluding tert-OH is 1. The summed E-state index contributed by atoms with van der Waals surface area (Å²) in [6.07, 6.45) is 61.1. The normalized spacial score (nSPS) is 13.9. The first-order valence-electron chi connectivity index (χ1n) is 41.5. The van der Waals surface area contributed by atoms with Crippen molar-refractivity contribution in [2.24, 2.45) is 11.8 Å². The second-order valence-electron chi connectivity index (χ2n) is 29.8. The Balaban J connectivity index is 5.21. The van der Waals surface area contributed by atoms with Crippen molar-refractivity contribution in [3.63, 3.8) is 0 Å². The minimum absolute atomic E-state index is 0.107. The molecule has 3 N–H and O–H groups in total. The molecule has 588 valence electrons. The summed E-state index contributed by atoms with van der Waals surface area (Å²) in [6.45, 7) is 9.61. The molecule has 0 amide bonds. The van der Waals surface area contributed by atoms with Gasteiger partial charge in [0.05, 0.1) is 26.4 Å². The number of rotatable bonds is 79. The fourth-order valence-corrected chi connectivity index (χ4v) is 13.9. The Labute approximate surface area is 607 Å². The fraction of sp³-hybridized carbons (Fsp3) is 0.950. The highest BCUT2D eigenvalue weighted by molar-refractivity contribution is 7.47. The fourth-order valence-electron chi connectivity index (χ4n) is 12.4. The van der Waals surface area contributed by atoms with Gasteiger partial charge in [-0.05, 0) is 37.5 Å². The zero-order valence-corrected chi connectivity index (χ0v) is 66.6. The number of carbonyl (C=O) groups is 4. The topological polar surface area (TPSA) is 237 Å². The number of carbonyl (C=O) groups excluding carboxylic acids is 4. The van der Waals surface area contributed by atoms with Crippen LogP contribution in [0.5, 0.6) is 0 Å². The van der Waals surface area contributed by atoms with Crippen LogP contribution in [0.1, 0.15) is 420 Å². The number of aliphatic hydroxyl groups is 1. The Morgan fingerprint density at radius 2 is 0.465 bits per heavy atom. The zero-order valence-electron chi connectivity index (χ0n) is 64.8. The van der Waals surface area contributed by atoms with E-state index in [9.17, 15) is 43.2 Å². The van der Waals surface area contributed by atoms with Crippen molar-refractivity contribution in [1.82, 2.24) is 0 Å². The molecule has 2 unspecified atom stereocenters. The summed E-state index contributed by atoms with van der Waals surface area (Å²) in [4.78, 5) is 72.9. The Bertz CT molecular complexity index is 1910. The molecule has 0 aromatic rings. The van der Waals surface area contributed by atoms with Gasteiger partial charge in [-0.3, -0.25) is 37.3 Å².